The van der Waals surface area contributed by atoms with Gasteiger partial charge in [0.25, 0.3) is 0 Å². The second-order valence-electron chi connectivity index (χ2n) is 7.12. The molecule has 0 N–H and O–H groups in total. The molecule has 0 aromatic carbocycles. The molecule has 0 aliphatic carbocycles. The van der Waals surface area contributed by atoms with Crippen LogP contribution in [0.15, 0.2) is 0 Å². The van der Waals surface area contributed by atoms with Gasteiger partial charge in [-0.2, -0.15) is 0 Å². The Morgan fingerprint density at radius 3 is 1.33 bits per heavy atom. The first-order valence-electron chi connectivity index (χ1n) is 9.94. The first-order valence-corrected chi connectivity index (χ1v) is 10.8. The first kappa shape index (κ1) is 21.4. The van der Waals surface area contributed by atoms with Crippen LogP contribution in [-0.2, 0) is 0 Å². The molecule has 0 radical (unpaired) electrons. The van der Waals surface area contributed by atoms with Gasteiger partial charge in [0, 0.05) is 0 Å². The highest BCUT2D eigenvalue weighted by atomic mass is 31.0. The number of hydrogen-bond donors (Lipinski definition) is 0. The van der Waals surface area contributed by atoms with Crippen LogP contribution in [0.1, 0.15) is 117 Å². The van der Waals surface area contributed by atoms with E-state index in [2.05, 4.69) is 30.0 Å². The molecule has 128 valence electrons. The molecule has 0 amide bonds. The van der Waals surface area contributed by atoms with Crippen molar-refractivity contribution in [1.29, 1.82) is 0 Å². The normalized spacial score (nSPS) is 12.0. The van der Waals surface area contributed by atoms with Crippen molar-refractivity contribution >= 4 is 9.24 Å². The molecule has 1 unspecified atom stereocenters. The largest absolute Gasteiger partial charge is 0.138 e. The maximum absolute atomic E-state index is 2.86. The fourth-order valence-electron chi connectivity index (χ4n) is 3.58. The zero-order valence-corrected chi connectivity index (χ0v) is 16.5. The van der Waals surface area contributed by atoms with E-state index < -0.39 is 0 Å². The van der Waals surface area contributed by atoms with Crippen molar-refractivity contribution in [2.24, 2.45) is 5.41 Å². The highest BCUT2D eigenvalue weighted by molar-refractivity contribution is 7.16. The Morgan fingerprint density at radius 2 is 0.905 bits per heavy atom. The van der Waals surface area contributed by atoms with Crippen LogP contribution >= 0.6 is 9.24 Å². The first-order chi connectivity index (χ1) is 10.2. The molecule has 1 heteroatoms. The molecular weight excluding hydrogens is 271 g/mol. The van der Waals surface area contributed by atoms with E-state index in [-0.39, 0.29) is 0 Å². The minimum absolute atomic E-state index is 0.697. The van der Waals surface area contributed by atoms with E-state index in [1.165, 1.54) is 102 Å². The second kappa shape index (κ2) is 15.3. The van der Waals surface area contributed by atoms with Crippen LogP contribution in [-0.4, -0.2) is 6.16 Å². The third kappa shape index (κ3) is 11.6. The third-order valence-corrected chi connectivity index (χ3v) is 5.50. The maximum atomic E-state index is 2.86. The molecule has 0 aromatic heterocycles. The van der Waals surface area contributed by atoms with Crippen LogP contribution < -0.4 is 0 Å². The Labute approximate surface area is 138 Å². The standard InChI is InChI=1S/C20H43P/c1-4-7-15-20(16-8-5-2,17-9-6-3)18-13-11-10-12-14-19-21/h4-19,21H2,1-3H3. The predicted octanol–water partition coefficient (Wildman–Crippen LogP) is 7.76. The predicted molar refractivity (Wildman–Crippen MR) is 103 cm³/mol. The maximum Gasteiger partial charge on any atom is -0.0297 e. The summed E-state index contributed by atoms with van der Waals surface area (Å²) < 4.78 is 0. The molecule has 0 spiro atoms. The number of rotatable bonds is 16. The van der Waals surface area contributed by atoms with Crippen LogP contribution in [0, 0.1) is 5.41 Å². The van der Waals surface area contributed by atoms with Crippen molar-refractivity contribution in [2.45, 2.75) is 117 Å². The van der Waals surface area contributed by atoms with Gasteiger partial charge in [-0.1, -0.05) is 85.0 Å². The lowest BCUT2D eigenvalue weighted by molar-refractivity contribution is 0.176. The summed E-state index contributed by atoms with van der Waals surface area (Å²) in [7, 11) is 2.86. The summed E-state index contributed by atoms with van der Waals surface area (Å²) in [6.45, 7) is 7.06. The van der Waals surface area contributed by atoms with Gasteiger partial charge < -0.3 is 0 Å². The van der Waals surface area contributed by atoms with Gasteiger partial charge in [0.2, 0.25) is 0 Å². The van der Waals surface area contributed by atoms with E-state index in [0.717, 1.165) is 0 Å². The summed E-state index contributed by atoms with van der Waals surface area (Å²) >= 11 is 0. The highest BCUT2D eigenvalue weighted by Crippen LogP contribution is 2.41. The van der Waals surface area contributed by atoms with Crippen LogP contribution in [0.2, 0.25) is 0 Å². The molecule has 0 heterocycles. The van der Waals surface area contributed by atoms with Gasteiger partial charge in [-0.3, -0.25) is 0 Å². The van der Waals surface area contributed by atoms with Crippen molar-refractivity contribution in [2.75, 3.05) is 6.16 Å². The van der Waals surface area contributed by atoms with E-state index in [0.29, 0.717) is 5.41 Å². The average molecular weight is 315 g/mol. The van der Waals surface area contributed by atoms with Crippen molar-refractivity contribution in [3.63, 3.8) is 0 Å². The minimum Gasteiger partial charge on any atom is -0.138 e. The van der Waals surface area contributed by atoms with Crippen molar-refractivity contribution < 1.29 is 0 Å². The van der Waals surface area contributed by atoms with E-state index >= 15 is 0 Å². The summed E-state index contributed by atoms with van der Waals surface area (Å²) in [4.78, 5) is 0. The lowest BCUT2D eigenvalue weighted by atomic mass is 9.71. The Kier molecular flexibility index (Phi) is 15.6. The van der Waals surface area contributed by atoms with E-state index in [1.54, 1.807) is 0 Å². The van der Waals surface area contributed by atoms with Gasteiger partial charge in [-0.25, -0.2) is 0 Å². The Hall–Kier alpha value is 0.430. The quantitative estimate of drug-likeness (QED) is 0.202. The molecule has 0 aromatic rings. The van der Waals surface area contributed by atoms with Gasteiger partial charge in [0.1, 0.15) is 0 Å². The van der Waals surface area contributed by atoms with E-state index in [1.807, 2.05) is 0 Å². The SMILES string of the molecule is CCCCC(CCCC)(CCCC)CCCCCCCP. The smallest absolute Gasteiger partial charge is 0.0297 e. The second-order valence-corrected chi connectivity index (χ2v) is 7.69. The summed E-state index contributed by atoms with van der Waals surface area (Å²) in [6, 6.07) is 0. The van der Waals surface area contributed by atoms with Crippen LogP contribution in [0.5, 0.6) is 0 Å². The van der Waals surface area contributed by atoms with Crippen LogP contribution in [0.25, 0.3) is 0 Å². The van der Waals surface area contributed by atoms with Crippen molar-refractivity contribution in [3.05, 3.63) is 0 Å². The van der Waals surface area contributed by atoms with Gasteiger partial charge in [0.15, 0.2) is 0 Å². The Morgan fingerprint density at radius 1 is 0.524 bits per heavy atom. The molecule has 1 atom stereocenters. The van der Waals surface area contributed by atoms with E-state index in [9.17, 15) is 0 Å². The van der Waals surface area contributed by atoms with Gasteiger partial charge in [-0.15, -0.1) is 9.24 Å². The average Bonchev–Trinajstić information content (AvgIpc) is 2.51. The summed E-state index contributed by atoms with van der Waals surface area (Å²) in [5.41, 5.74) is 0.697. The molecule has 0 saturated carbocycles. The third-order valence-electron chi connectivity index (χ3n) is 5.09. The van der Waals surface area contributed by atoms with Crippen molar-refractivity contribution in [1.82, 2.24) is 0 Å². The van der Waals surface area contributed by atoms with Gasteiger partial charge in [-0.05, 0) is 43.7 Å². The van der Waals surface area contributed by atoms with Gasteiger partial charge in [0.05, 0.1) is 0 Å². The fraction of sp³-hybridized carbons (Fsp3) is 1.00. The van der Waals surface area contributed by atoms with Crippen LogP contribution in [0.4, 0.5) is 0 Å². The Balaban J connectivity index is 4.28. The minimum atomic E-state index is 0.697. The van der Waals surface area contributed by atoms with Gasteiger partial charge >= 0.3 is 0 Å². The Bertz CT molecular complexity index is 178. The lowest BCUT2D eigenvalue weighted by Crippen LogP contribution is -2.21. The fourth-order valence-corrected chi connectivity index (χ4v) is 3.87. The molecule has 0 rings (SSSR count). The highest BCUT2D eigenvalue weighted by Gasteiger charge is 2.27. The molecule has 0 aliphatic rings. The summed E-state index contributed by atoms with van der Waals surface area (Å²) in [5.74, 6) is 0. The molecular formula is C20H43P. The summed E-state index contributed by atoms with van der Waals surface area (Å²) in [5, 5.41) is 0. The molecule has 0 nitrogen and oxygen atoms in total. The topological polar surface area (TPSA) is 0 Å². The number of unbranched alkanes of at least 4 members (excludes halogenated alkanes) is 7. The molecule has 0 aliphatic heterocycles. The zero-order chi connectivity index (χ0) is 15.8. The van der Waals surface area contributed by atoms with Crippen molar-refractivity contribution in [3.8, 4) is 0 Å². The lowest BCUT2D eigenvalue weighted by Gasteiger charge is -2.35. The van der Waals surface area contributed by atoms with Crippen LogP contribution in [0.3, 0.4) is 0 Å². The zero-order valence-electron chi connectivity index (χ0n) is 15.4. The monoisotopic (exact) mass is 314 g/mol. The molecule has 0 saturated heterocycles. The molecule has 0 bridgehead atoms. The summed E-state index contributed by atoms with van der Waals surface area (Å²) in [6.07, 6.45) is 23.0. The molecule has 0 fully saturated rings. The molecule has 21 heavy (non-hydrogen) atoms. The number of hydrogen-bond acceptors (Lipinski definition) is 0. The van der Waals surface area contributed by atoms with E-state index in [4.69, 9.17) is 0 Å².